The van der Waals surface area contributed by atoms with Crippen molar-refractivity contribution in [2.45, 2.75) is 0 Å². The van der Waals surface area contributed by atoms with Crippen LogP contribution in [0.5, 0.6) is 5.75 Å². The fourth-order valence-electron chi connectivity index (χ4n) is 3.49. The van der Waals surface area contributed by atoms with Gasteiger partial charge in [0.25, 0.3) is 5.91 Å². The third-order valence-electron chi connectivity index (χ3n) is 5.07. The Hall–Kier alpha value is -3.05. The first-order chi connectivity index (χ1) is 13.7. The van der Waals surface area contributed by atoms with Crippen LogP contribution >= 0.6 is 0 Å². The minimum Gasteiger partial charge on any atom is -0.493 e. The monoisotopic (exact) mass is 376 g/mol. The van der Waals surface area contributed by atoms with Crippen molar-refractivity contribution in [1.29, 1.82) is 0 Å². The molecule has 1 aromatic heterocycles. The Labute approximate surface area is 164 Å². The van der Waals surface area contributed by atoms with Crippen molar-refractivity contribution in [3.8, 4) is 5.75 Å². The molecule has 1 amide bonds. The number of rotatable bonds is 5. The Bertz CT molecular complexity index is 970. The fourth-order valence-corrected chi connectivity index (χ4v) is 3.49. The zero-order chi connectivity index (χ0) is 19.3. The maximum Gasteiger partial charge on any atom is 0.289 e. The number of nitrogens with zero attached hydrogens (tertiary/aromatic N) is 2. The molecule has 0 bridgehead atoms. The van der Waals surface area contributed by atoms with E-state index < -0.39 is 0 Å². The summed E-state index contributed by atoms with van der Waals surface area (Å²) in [7, 11) is 1.60. The lowest BCUT2D eigenvalue weighted by Gasteiger charge is -2.33. The number of carbonyl (C=O) groups excluding carboxylic acids is 1. The van der Waals surface area contributed by atoms with Gasteiger partial charge in [-0.2, -0.15) is 0 Å². The number of furan rings is 1. The van der Waals surface area contributed by atoms with Gasteiger partial charge in [0.05, 0.1) is 7.11 Å². The van der Waals surface area contributed by atoms with Crippen LogP contribution in [0.15, 0.2) is 65.1 Å². The van der Waals surface area contributed by atoms with Crippen LogP contribution in [0.4, 0.5) is 0 Å². The number of hydrogen-bond donors (Lipinski definition) is 0. The molecule has 0 unspecified atom stereocenters. The average Bonchev–Trinajstić information content (AvgIpc) is 3.19. The Morgan fingerprint density at radius 2 is 1.86 bits per heavy atom. The molecule has 4 rings (SSSR count). The number of hydrogen-bond acceptors (Lipinski definition) is 4. The zero-order valence-corrected chi connectivity index (χ0v) is 16.0. The summed E-state index contributed by atoms with van der Waals surface area (Å²) < 4.78 is 11.1. The summed E-state index contributed by atoms with van der Waals surface area (Å²) in [5.41, 5.74) is 1.83. The Morgan fingerprint density at radius 1 is 1.07 bits per heavy atom. The van der Waals surface area contributed by atoms with Crippen LogP contribution in [0.3, 0.4) is 0 Å². The Kier molecular flexibility index (Phi) is 5.44. The summed E-state index contributed by atoms with van der Waals surface area (Å²) in [5.74, 6) is 0.959. The van der Waals surface area contributed by atoms with E-state index in [1.165, 1.54) is 5.56 Å². The van der Waals surface area contributed by atoms with Crippen molar-refractivity contribution in [1.82, 2.24) is 9.80 Å². The van der Waals surface area contributed by atoms with E-state index in [0.717, 1.165) is 25.0 Å². The zero-order valence-electron chi connectivity index (χ0n) is 16.0. The molecule has 0 spiro atoms. The van der Waals surface area contributed by atoms with Crippen LogP contribution in [-0.4, -0.2) is 55.5 Å². The minimum absolute atomic E-state index is 0.0577. The van der Waals surface area contributed by atoms with Gasteiger partial charge in [-0.1, -0.05) is 54.6 Å². The quantitative estimate of drug-likeness (QED) is 0.677. The van der Waals surface area contributed by atoms with Crippen LogP contribution < -0.4 is 4.74 Å². The van der Waals surface area contributed by atoms with Gasteiger partial charge in [0.15, 0.2) is 17.1 Å². The van der Waals surface area contributed by atoms with Crippen LogP contribution in [-0.2, 0) is 0 Å². The van der Waals surface area contributed by atoms with E-state index >= 15 is 0 Å². The first-order valence-corrected chi connectivity index (χ1v) is 9.54. The molecule has 5 nitrogen and oxygen atoms in total. The molecule has 2 heterocycles. The molecule has 0 saturated carbocycles. The molecule has 0 N–H and O–H groups in total. The molecule has 0 radical (unpaired) electrons. The number of ether oxygens (including phenoxy) is 1. The normalized spacial score (nSPS) is 15.4. The molecule has 1 aliphatic rings. The van der Waals surface area contributed by atoms with Gasteiger partial charge in [-0.15, -0.1) is 0 Å². The molecule has 0 aliphatic carbocycles. The van der Waals surface area contributed by atoms with E-state index in [1.807, 2.05) is 41.3 Å². The molecule has 1 aliphatic heterocycles. The predicted octanol–water partition coefficient (Wildman–Crippen LogP) is 3.91. The molecule has 144 valence electrons. The molecule has 0 atom stereocenters. The molecule has 28 heavy (non-hydrogen) atoms. The SMILES string of the molecule is COc1cccc2cc(C(=O)N3CCN(C/C=C/c4ccccc4)CC3)oc12. The number of fused-ring (bicyclic) bond motifs is 1. The fraction of sp³-hybridized carbons (Fsp3) is 0.261. The highest BCUT2D eigenvalue weighted by molar-refractivity contribution is 5.97. The van der Waals surface area contributed by atoms with Crippen LogP contribution in [0, 0.1) is 0 Å². The van der Waals surface area contributed by atoms with Gasteiger partial charge in [0.2, 0.25) is 0 Å². The molecular formula is C23H24N2O3. The number of methoxy groups -OCH3 is 1. The molecule has 2 aromatic carbocycles. The van der Waals surface area contributed by atoms with Crippen molar-refractivity contribution < 1.29 is 13.9 Å². The van der Waals surface area contributed by atoms with E-state index in [-0.39, 0.29) is 5.91 Å². The minimum atomic E-state index is -0.0577. The Morgan fingerprint density at radius 3 is 2.61 bits per heavy atom. The Balaban J connectivity index is 1.34. The summed E-state index contributed by atoms with van der Waals surface area (Å²) in [6.07, 6.45) is 4.32. The summed E-state index contributed by atoms with van der Waals surface area (Å²) in [6.45, 7) is 4.00. The summed E-state index contributed by atoms with van der Waals surface area (Å²) >= 11 is 0. The van der Waals surface area contributed by atoms with E-state index in [9.17, 15) is 4.79 Å². The second-order valence-corrected chi connectivity index (χ2v) is 6.90. The average molecular weight is 376 g/mol. The lowest BCUT2D eigenvalue weighted by atomic mass is 10.2. The van der Waals surface area contributed by atoms with Crippen LogP contribution in [0.2, 0.25) is 0 Å². The van der Waals surface area contributed by atoms with E-state index in [1.54, 1.807) is 13.2 Å². The standard InChI is InChI=1S/C23H24N2O3/c1-27-20-11-5-10-19-17-21(28-22(19)20)23(26)25-15-13-24(14-16-25)12-6-9-18-7-3-2-4-8-18/h2-11,17H,12-16H2,1H3/b9-6+. The maximum absolute atomic E-state index is 12.8. The summed E-state index contributed by atoms with van der Waals surface area (Å²) in [5, 5.41) is 0.882. The highest BCUT2D eigenvalue weighted by Gasteiger charge is 2.24. The second kappa shape index (κ2) is 8.31. The van der Waals surface area contributed by atoms with E-state index in [2.05, 4.69) is 29.2 Å². The number of carbonyl (C=O) groups is 1. The first-order valence-electron chi connectivity index (χ1n) is 9.54. The van der Waals surface area contributed by atoms with Crippen molar-refractivity contribution >= 4 is 23.0 Å². The third-order valence-corrected chi connectivity index (χ3v) is 5.07. The van der Waals surface area contributed by atoms with Gasteiger partial charge in [0, 0.05) is 38.1 Å². The van der Waals surface area contributed by atoms with Gasteiger partial charge >= 0.3 is 0 Å². The van der Waals surface area contributed by atoms with Crippen LogP contribution in [0.25, 0.3) is 17.0 Å². The largest absolute Gasteiger partial charge is 0.493 e. The molecule has 1 saturated heterocycles. The lowest BCUT2D eigenvalue weighted by Crippen LogP contribution is -2.48. The van der Waals surface area contributed by atoms with E-state index in [0.29, 0.717) is 30.2 Å². The maximum atomic E-state index is 12.8. The van der Waals surface area contributed by atoms with Crippen molar-refractivity contribution in [3.63, 3.8) is 0 Å². The number of piperazine rings is 1. The second-order valence-electron chi connectivity index (χ2n) is 6.90. The van der Waals surface area contributed by atoms with E-state index in [4.69, 9.17) is 9.15 Å². The number of benzene rings is 2. The number of para-hydroxylation sites is 1. The summed E-state index contributed by atoms with van der Waals surface area (Å²) in [6, 6.07) is 17.7. The highest BCUT2D eigenvalue weighted by Crippen LogP contribution is 2.29. The van der Waals surface area contributed by atoms with Gasteiger partial charge in [-0.05, 0) is 17.7 Å². The highest BCUT2D eigenvalue weighted by atomic mass is 16.5. The smallest absolute Gasteiger partial charge is 0.289 e. The van der Waals surface area contributed by atoms with Gasteiger partial charge < -0.3 is 14.1 Å². The van der Waals surface area contributed by atoms with Gasteiger partial charge in [-0.3, -0.25) is 9.69 Å². The van der Waals surface area contributed by atoms with Crippen molar-refractivity contribution in [2.75, 3.05) is 39.8 Å². The molecular weight excluding hydrogens is 352 g/mol. The number of amides is 1. The first kappa shape index (κ1) is 18.3. The molecule has 1 fully saturated rings. The van der Waals surface area contributed by atoms with Crippen molar-refractivity contribution in [3.05, 3.63) is 72.0 Å². The molecule has 3 aromatic rings. The third kappa shape index (κ3) is 3.94. The van der Waals surface area contributed by atoms with Crippen molar-refractivity contribution in [2.24, 2.45) is 0 Å². The summed E-state index contributed by atoms with van der Waals surface area (Å²) in [4.78, 5) is 17.0. The lowest BCUT2D eigenvalue weighted by molar-refractivity contribution is 0.0621. The van der Waals surface area contributed by atoms with Gasteiger partial charge in [0.1, 0.15) is 0 Å². The van der Waals surface area contributed by atoms with Gasteiger partial charge in [-0.25, -0.2) is 0 Å². The molecule has 5 heteroatoms. The topological polar surface area (TPSA) is 45.9 Å². The predicted molar refractivity (Wildman–Crippen MR) is 111 cm³/mol. The van der Waals surface area contributed by atoms with Crippen LogP contribution in [0.1, 0.15) is 16.1 Å².